The van der Waals surface area contributed by atoms with Crippen LogP contribution in [0.25, 0.3) is 0 Å². The molecular formula is C19H20N2O2. The summed E-state index contributed by atoms with van der Waals surface area (Å²) >= 11 is 0. The second-order valence-corrected chi connectivity index (χ2v) is 7.71. The average molecular weight is 308 g/mol. The summed E-state index contributed by atoms with van der Waals surface area (Å²) in [7, 11) is 0. The predicted molar refractivity (Wildman–Crippen MR) is 85.7 cm³/mol. The van der Waals surface area contributed by atoms with Crippen LogP contribution in [-0.2, 0) is 11.8 Å². The molecule has 0 spiro atoms. The Morgan fingerprint density at radius 1 is 1.35 bits per heavy atom. The highest BCUT2D eigenvalue weighted by molar-refractivity contribution is 5.99. The maximum Gasteiger partial charge on any atom is 0.163 e. The molecule has 5 rings (SSSR count). The lowest BCUT2D eigenvalue weighted by molar-refractivity contribution is 0.0741. The fourth-order valence-corrected chi connectivity index (χ4v) is 5.60. The van der Waals surface area contributed by atoms with Gasteiger partial charge in [-0.2, -0.15) is 5.10 Å². The monoisotopic (exact) mass is 308 g/mol. The molecule has 4 heteroatoms. The van der Waals surface area contributed by atoms with E-state index in [9.17, 15) is 9.90 Å². The van der Waals surface area contributed by atoms with E-state index in [4.69, 9.17) is 0 Å². The van der Waals surface area contributed by atoms with Gasteiger partial charge in [-0.1, -0.05) is 13.0 Å². The topological polar surface area (TPSA) is 66.0 Å². The van der Waals surface area contributed by atoms with Crippen molar-refractivity contribution >= 4 is 5.78 Å². The number of fused-ring (bicyclic) bond motifs is 7. The van der Waals surface area contributed by atoms with E-state index in [1.54, 1.807) is 12.1 Å². The molecule has 2 N–H and O–H groups in total. The van der Waals surface area contributed by atoms with Gasteiger partial charge in [0, 0.05) is 23.1 Å². The molecule has 0 saturated heterocycles. The van der Waals surface area contributed by atoms with Crippen molar-refractivity contribution in [2.45, 2.75) is 43.9 Å². The lowest BCUT2D eigenvalue weighted by Gasteiger charge is -2.48. The van der Waals surface area contributed by atoms with E-state index in [-0.39, 0.29) is 16.9 Å². The first-order chi connectivity index (χ1) is 11.1. The molecule has 0 radical (unpaired) electrons. The molecule has 1 fully saturated rings. The lowest BCUT2D eigenvalue weighted by Crippen LogP contribution is -2.44. The van der Waals surface area contributed by atoms with Gasteiger partial charge in [0.05, 0.1) is 6.20 Å². The first-order valence-corrected chi connectivity index (χ1v) is 8.47. The third-order valence-corrected chi connectivity index (χ3v) is 6.71. The fraction of sp³-hybridized carbons (Fsp3) is 0.474. The number of aromatic hydroxyl groups is 1. The van der Waals surface area contributed by atoms with Crippen LogP contribution < -0.4 is 0 Å². The van der Waals surface area contributed by atoms with Crippen LogP contribution >= 0.6 is 0 Å². The Morgan fingerprint density at radius 2 is 2.22 bits per heavy atom. The number of aromatic amines is 1. The van der Waals surface area contributed by atoms with Gasteiger partial charge < -0.3 is 5.11 Å². The third-order valence-electron chi connectivity index (χ3n) is 6.71. The van der Waals surface area contributed by atoms with Crippen LogP contribution in [0, 0.1) is 11.8 Å². The number of phenolic OH excluding ortho intramolecular Hbond substituents is 1. The zero-order chi connectivity index (χ0) is 15.8. The standard InChI is InChI=1S/C19H20N2O2/c1-19-5-4-13-12-3-2-11(22)7-15(12)17(23)8-14(13)16(19)6-10-9-20-21-18(10)19/h2-3,7,9,13-14,16,22H,4-6,8H2,1H3,(H,20,21). The minimum atomic E-state index is 0.127. The van der Waals surface area contributed by atoms with Crippen LogP contribution in [0.3, 0.4) is 0 Å². The largest absolute Gasteiger partial charge is 0.508 e. The van der Waals surface area contributed by atoms with Crippen LogP contribution in [0.1, 0.15) is 59.3 Å². The minimum absolute atomic E-state index is 0.127. The Balaban J connectivity index is 1.60. The smallest absolute Gasteiger partial charge is 0.163 e. The van der Waals surface area contributed by atoms with Crippen LogP contribution in [0.5, 0.6) is 5.75 Å². The molecule has 4 atom stereocenters. The molecular weight excluding hydrogens is 288 g/mol. The number of hydrogen-bond acceptors (Lipinski definition) is 3. The molecule has 23 heavy (non-hydrogen) atoms. The molecule has 4 nitrogen and oxygen atoms in total. The zero-order valence-electron chi connectivity index (χ0n) is 13.2. The molecule has 1 heterocycles. The molecule has 0 bridgehead atoms. The lowest BCUT2D eigenvalue weighted by atomic mass is 9.55. The Bertz CT molecular complexity index is 825. The summed E-state index contributed by atoms with van der Waals surface area (Å²) in [6.45, 7) is 2.34. The van der Waals surface area contributed by atoms with Crippen molar-refractivity contribution in [3.63, 3.8) is 0 Å². The molecule has 2 aromatic rings. The first-order valence-electron chi connectivity index (χ1n) is 8.47. The van der Waals surface area contributed by atoms with Crippen molar-refractivity contribution in [2.24, 2.45) is 11.8 Å². The highest BCUT2D eigenvalue weighted by Crippen LogP contribution is 2.59. The normalized spacial score (nSPS) is 34.5. The van der Waals surface area contributed by atoms with Gasteiger partial charge in [-0.05, 0) is 60.3 Å². The van der Waals surface area contributed by atoms with Gasteiger partial charge in [-0.25, -0.2) is 0 Å². The summed E-state index contributed by atoms with van der Waals surface area (Å²) in [6, 6.07) is 5.35. The van der Waals surface area contributed by atoms with Crippen LogP contribution in [0.2, 0.25) is 0 Å². The number of carbonyl (C=O) groups excluding carboxylic acids is 1. The molecule has 1 aromatic carbocycles. The van der Waals surface area contributed by atoms with Crippen molar-refractivity contribution < 1.29 is 9.90 Å². The first kappa shape index (κ1) is 13.3. The summed E-state index contributed by atoms with van der Waals surface area (Å²) < 4.78 is 0. The molecule has 3 aliphatic rings. The van der Waals surface area contributed by atoms with E-state index >= 15 is 0 Å². The van der Waals surface area contributed by atoms with Gasteiger partial charge in [0.2, 0.25) is 0 Å². The van der Waals surface area contributed by atoms with Crippen LogP contribution in [0.4, 0.5) is 0 Å². The van der Waals surface area contributed by atoms with Crippen molar-refractivity contribution in [3.8, 4) is 5.75 Å². The molecule has 4 unspecified atom stereocenters. The summed E-state index contributed by atoms with van der Waals surface area (Å²) in [5, 5.41) is 17.2. The summed E-state index contributed by atoms with van der Waals surface area (Å²) in [5.41, 5.74) is 4.65. The van der Waals surface area contributed by atoms with Crippen molar-refractivity contribution in [1.29, 1.82) is 0 Å². The van der Waals surface area contributed by atoms with E-state index in [0.29, 0.717) is 24.2 Å². The number of Topliss-reactive ketones (excluding diaryl/α,β-unsaturated/α-hetero) is 1. The van der Waals surface area contributed by atoms with E-state index in [1.165, 1.54) is 11.3 Å². The number of rotatable bonds is 0. The quantitative estimate of drug-likeness (QED) is 0.784. The van der Waals surface area contributed by atoms with Crippen molar-refractivity contribution in [3.05, 3.63) is 46.8 Å². The summed E-state index contributed by atoms with van der Waals surface area (Å²) in [4.78, 5) is 12.7. The maximum absolute atomic E-state index is 12.7. The van der Waals surface area contributed by atoms with E-state index in [1.807, 2.05) is 12.3 Å². The maximum atomic E-state index is 12.7. The Labute approximate surface area is 134 Å². The Kier molecular flexibility index (Phi) is 2.47. The highest BCUT2D eigenvalue weighted by Gasteiger charge is 2.54. The SMILES string of the molecule is CC12CCC3c4ccc(O)cc4C(=O)CC3C1Cc1cn[nH]c12. The van der Waals surface area contributed by atoms with Gasteiger partial charge in [0.15, 0.2) is 5.78 Å². The molecule has 0 amide bonds. The number of carbonyl (C=O) groups is 1. The second kappa shape index (κ2) is 4.25. The molecule has 1 saturated carbocycles. The summed E-state index contributed by atoms with van der Waals surface area (Å²) in [5.74, 6) is 1.74. The number of aromatic nitrogens is 2. The van der Waals surface area contributed by atoms with Gasteiger partial charge >= 0.3 is 0 Å². The van der Waals surface area contributed by atoms with Crippen LogP contribution in [-0.4, -0.2) is 21.1 Å². The average Bonchev–Trinajstić information content (AvgIpc) is 3.09. The van der Waals surface area contributed by atoms with Gasteiger partial charge in [-0.3, -0.25) is 9.89 Å². The molecule has 1 aromatic heterocycles. The number of benzene rings is 1. The van der Waals surface area contributed by atoms with Gasteiger partial charge in [0.25, 0.3) is 0 Å². The van der Waals surface area contributed by atoms with Crippen molar-refractivity contribution in [1.82, 2.24) is 10.2 Å². The van der Waals surface area contributed by atoms with Crippen LogP contribution in [0.15, 0.2) is 24.4 Å². The third kappa shape index (κ3) is 1.61. The number of nitrogens with zero attached hydrogens (tertiary/aromatic N) is 1. The minimum Gasteiger partial charge on any atom is -0.508 e. The number of ketones is 1. The van der Waals surface area contributed by atoms with E-state index in [0.717, 1.165) is 30.4 Å². The number of nitrogens with one attached hydrogen (secondary N) is 1. The fourth-order valence-electron chi connectivity index (χ4n) is 5.60. The Hall–Kier alpha value is -2.10. The second-order valence-electron chi connectivity index (χ2n) is 7.71. The van der Waals surface area contributed by atoms with Gasteiger partial charge in [0.1, 0.15) is 5.75 Å². The van der Waals surface area contributed by atoms with Gasteiger partial charge in [-0.15, -0.1) is 0 Å². The van der Waals surface area contributed by atoms with Crippen molar-refractivity contribution in [2.75, 3.05) is 0 Å². The van der Waals surface area contributed by atoms with E-state index < -0.39 is 0 Å². The predicted octanol–water partition coefficient (Wildman–Crippen LogP) is 3.33. The highest BCUT2D eigenvalue weighted by atomic mass is 16.3. The summed E-state index contributed by atoms with van der Waals surface area (Å²) in [6.07, 6.45) is 5.83. The Morgan fingerprint density at radius 3 is 3.09 bits per heavy atom. The molecule has 0 aliphatic heterocycles. The molecule has 3 aliphatic carbocycles. The van der Waals surface area contributed by atoms with E-state index in [2.05, 4.69) is 17.1 Å². The zero-order valence-corrected chi connectivity index (χ0v) is 13.2. The molecule has 118 valence electrons. The number of hydrogen-bond donors (Lipinski definition) is 2. The number of phenols is 1. The number of H-pyrrole nitrogens is 1.